The molecule has 0 heterocycles. The standard InChI is InChI=1S/C20H22Br2N2O4/c1-12(2)15-6-4-13(3)8-18(15)28-11-20(26)24-23-19(25)10-27-17-7-5-14(21)9-16(17)22/h4-9,12H,10-11H2,1-3H3,(H,23,25)(H,24,26). The highest BCUT2D eigenvalue weighted by Gasteiger charge is 2.11. The Bertz CT molecular complexity index is 856. The molecular weight excluding hydrogens is 492 g/mol. The Balaban J connectivity index is 1.78. The number of ether oxygens (including phenoxy) is 2. The average Bonchev–Trinajstić information content (AvgIpc) is 2.63. The van der Waals surface area contributed by atoms with Crippen molar-refractivity contribution >= 4 is 43.7 Å². The largest absolute Gasteiger partial charge is 0.483 e. The molecule has 0 radical (unpaired) electrons. The molecule has 2 aromatic carbocycles. The van der Waals surface area contributed by atoms with Crippen LogP contribution >= 0.6 is 31.9 Å². The highest BCUT2D eigenvalue weighted by molar-refractivity contribution is 9.11. The summed E-state index contributed by atoms with van der Waals surface area (Å²) in [7, 11) is 0. The lowest BCUT2D eigenvalue weighted by Crippen LogP contribution is -2.45. The lowest BCUT2D eigenvalue weighted by Gasteiger charge is -2.15. The molecule has 0 fully saturated rings. The van der Waals surface area contributed by atoms with Gasteiger partial charge in [0.2, 0.25) is 0 Å². The Labute approximate surface area is 181 Å². The fourth-order valence-corrected chi connectivity index (χ4v) is 3.50. The van der Waals surface area contributed by atoms with Crippen molar-refractivity contribution in [1.82, 2.24) is 10.9 Å². The summed E-state index contributed by atoms with van der Waals surface area (Å²) in [5.41, 5.74) is 6.68. The number of hydrogen-bond donors (Lipinski definition) is 2. The molecule has 2 rings (SSSR count). The van der Waals surface area contributed by atoms with Crippen LogP contribution in [-0.4, -0.2) is 25.0 Å². The van der Waals surface area contributed by atoms with Crippen LogP contribution in [0.15, 0.2) is 45.3 Å². The summed E-state index contributed by atoms with van der Waals surface area (Å²) in [6.45, 7) is 5.63. The molecule has 2 N–H and O–H groups in total. The van der Waals surface area contributed by atoms with Gasteiger partial charge < -0.3 is 9.47 Å². The van der Waals surface area contributed by atoms with Crippen LogP contribution in [0.4, 0.5) is 0 Å². The second-order valence-electron chi connectivity index (χ2n) is 6.44. The molecule has 0 aliphatic rings. The monoisotopic (exact) mass is 512 g/mol. The Morgan fingerprint density at radius 2 is 1.54 bits per heavy atom. The van der Waals surface area contributed by atoms with Gasteiger partial charge in [0.25, 0.3) is 11.8 Å². The molecule has 150 valence electrons. The van der Waals surface area contributed by atoms with Gasteiger partial charge in [-0.1, -0.05) is 41.9 Å². The summed E-state index contributed by atoms with van der Waals surface area (Å²) in [6, 6.07) is 11.2. The van der Waals surface area contributed by atoms with Gasteiger partial charge in [-0.3, -0.25) is 20.4 Å². The van der Waals surface area contributed by atoms with Gasteiger partial charge in [-0.25, -0.2) is 0 Å². The molecule has 0 aliphatic heterocycles. The first-order valence-electron chi connectivity index (χ1n) is 8.65. The minimum Gasteiger partial charge on any atom is -0.483 e. The zero-order chi connectivity index (χ0) is 20.7. The van der Waals surface area contributed by atoms with Crippen LogP contribution in [0, 0.1) is 6.92 Å². The topological polar surface area (TPSA) is 76.7 Å². The molecule has 6 nitrogen and oxygen atoms in total. The first-order chi connectivity index (χ1) is 13.3. The van der Waals surface area contributed by atoms with Crippen LogP contribution in [0.1, 0.15) is 30.9 Å². The number of hydrazine groups is 1. The number of benzene rings is 2. The molecule has 2 aromatic rings. The summed E-state index contributed by atoms with van der Waals surface area (Å²) in [5, 5.41) is 0. The minimum absolute atomic E-state index is 0.206. The number of rotatable bonds is 7. The molecule has 2 amide bonds. The van der Waals surface area contributed by atoms with E-state index in [0.29, 0.717) is 16.0 Å². The Hall–Kier alpha value is -2.06. The van der Waals surface area contributed by atoms with Gasteiger partial charge in [-0.05, 0) is 64.2 Å². The predicted molar refractivity (Wildman–Crippen MR) is 114 cm³/mol. The van der Waals surface area contributed by atoms with Crippen LogP contribution in [-0.2, 0) is 9.59 Å². The van der Waals surface area contributed by atoms with E-state index in [9.17, 15) is 9.59 Å². The Kier molecular flexibility index (Phi) is 8.32. The van der Waals surface area contributed by atoms with Crippen molar-refractivity contribution in [3.8, 4) is 11.5 Å². The number of carbonyl (C=O) groups is 2. The van der Waals surface area contributed by atoms with Crippen molar-refractivity contribution < 1.29 is 19.1 Å². The van der Waals surface area contributed by atoms with Gasteiger partial charge in [-0.2, -0.15) is 0 Å². The van der Waals surface area contributed by atoms with Gasteiger partial charge in [0, 0.05) is 4.47 Å². The van der Waals surface area contributed by atoms with Gasteiger partial charge in [0.15, 0.2) is 13.2 Å². The summed E-state index contributed by atoms with van der Waals surface area (Å²) in [6.07, 6.45) is 0. The van der Waals surface area contributed by atoms with Crippen molar-refractivity contribution in [3.63, 3.8) is 0 Å². The quantitative estimate of drug-likeness (QED) is 0.542. The fourth-order valence-electron chi connectivity index (χ4n) is 2.33. The van der Waals surface area contributed by atoms with Gasteiger partial charge in [-0.15, -0.1) is 0 Å². The highest BCUT2D eigenvalue weighted by Crippen LogP contribution is 2.28. The maximum absolute atomic E-state index is 11.9. The Morgan fingerprint density at radius 1 is 0.929 bits per heavy atom. The number of amides is 2. The fraction of sp³-hybridized carbons (Fsp3) is 0.300. The summed E-state index contributed by atoms with van der Waals surface area (Å²) in [4.78, 5) is 23.8. The second kappa shape index (κ2) is 10.5. The van der Waals surface area contributed by atoms with E-state index in [-0.39, 0.29) is 19.1 Å². The number of aryl methyl sites for hydroxylation is 1. The molecule has 28 heavy (non-hydrogen) atoms. The number of halogens is 2. The van der Waals surface area contributed by atoms with E-state index in [0.717, 1.165) is 15.6 Å². The van der Waals surface area contributed by atoms with Crippen molar-refractivity contribution in [2.45, 2.75) is 26.7 Å². The lowest BCUT2D eigenvalue weighted by atomic mass is 10.0. The molecule has 0 bridgehead atoms. The van der Waals surface area contributed by atoms with E-state index in [2.05, 4.69) is 56.6 Å². The van der Waals surface area contributed by atoms with Gasteiger partial charge >= 0.3 is 0 Å². The molecule has 0 saturated carbocycles. The van der Waals surface area contributed by atoms with E-state index in [1.165, 1.54) is 0 Å². The van der Waals surface area contributed by atoms with Crippen LogP contribution < -0.4 is 20.3 Å². The van der Waals surface area contributed by atoms with Crippen molar-refractivity contribution in [1.29, 1.82) is 0 Å². The zero-order valence-electron chi connectivity index (χ0n) is 15.8. The van der Waals surface area contributed by atoms with Crippen molar-refractivity contribution in [2.24, 2.45) is 0 Å². The molecule has 0 saturated heterocycles. The molecular formula is C20H22Br2N2O4. The predicted octanol–water partition coefficient (Wildman–Crippen LogP) is 4.25. The maximum Gasteiger partial charge on any atom is 0.276 e. The smallest absolute Gasteiger partial charge is 0.276 e. The third kappa shape index (κ3) is 6.83. The molecule has 0 spiro atoms. The molecule has 8 heteroatoms. The van der Waals surface area contributed by atoms with Crippen LogP contribution in [0.3, 0.4) is 0 Å². The van der Waals surface area contributed by atoms with E-state index < -0.39 is 11.8 Å². The van der Waals surface area contributed by atoms with Crippen LogP contribution in [0.25, 0.3) is 0 Å². The lowest BCUT2D eigenvalue weighted by molar-refractivity contribution is -0.131. The zero-order valence-corrected chi connectivity index (χ0v) is 19.0. The minimum atomic E-state index is -0.485. The molecule has 0 aliphatic carbocycles. The Morgan fingerprint density at radius 3 is 2.11 bits per heavy atom. The summed E-state index contributed by atoms with van der Waals surface area (Å²) in [5.74, 6) is 0.512. The van der Waals surface area contributed by atoms with E-state index in [1.807, 2.05) is 31.2 Å². The number of nitrogens with one attached hydrogen (secondary N) is 2. The normalized spacial score (nSPS) is 10.5. The van der Waals surface area contributed by atoms with Crippen LogP contribution in [0.2, 0.25) is 0 Å². The summed E-state index contributed by atoms with van der Waals surface area (Å²) >= 11 is 6.69. The first-order valence-corrected chi connectivity index (χ1v) is 10.2. The van der Waals surface area contributed by atoms with E-state index in [4.69, 9.17) is 9.47 Å². The first kappa shape index (κ1) is 22.2. The molecule has 0 unspecified atom stereocenters. The SMILES string of the molecule is Cc1ccc(C(C)C)c(OCC(=O)NNC(=O)COc2ccc(Br)cc2Br)c1. The third-order valence-corrected chi connectivity index (χ3v) is 4.86. The third-order valence-electron chi connectivity index (χ3n) is 3.74. The molecule has 0 atom stereocenters. The summed E-state index contributed by atoms with van der Waals surface area (Å²) < 4.78 is 12.6. The second-order valence-corrected chi connectivity index (χ2v) is 8.21. The number of carbonyl (C=O) groups excluding carboxylic acids is 2. The average molecular weight is 514 g/mol. The van der Waals surface area contributed by atoms with Crippen LogP contribution in [0.5, 0.6) is 11.5 Å². The van der Waals surface area contributed by atoms with Crippen molar-refractivity contribution in [3.05, 3.63) is 56.5 Å². The maximum atomic E-state index is 11.9. The highest BCUT2D eigenvalue weighted by atomic mass is 79.9. The number of hydrogen-bond acceptors (Lipinski definition) is 4. The van der Waals surface area contributed by atoms with E-state index in [1.54, 1.807) is 12.1 Å². The molecule has 0 aromatic heterocycles. The van der Waals surface area contributed by atoms with Gasteiger partial charge in [0.1, 0.15) is 11.5 Å². The van der Waals surface area contributed by atoms with E-state index >= 15 is 0 Å². The van der Waals surface area contributed by atoms with Gasteiger partial charge in [0.05, 0.1) is 4.47 Å². The van der Waals surface area contributed by atoms with Crippen molar-refractivity contribution in [2.75, 3.05) is 13.2 Å².